The molecule has 2 aromatic carbocycles. The van der Waals surface area contributed by atoms with E-state index in [1.807, 2.05) is 24.3 Å². The van der Waals surface area contributed by atoms with Gasteiger partial charge in [0.2, 0.25) is 0 Å². The standard InChI is InChI=1S/C25H28ClF2NO3/c1-32-16-25(27,28)15-18-13-17-5-2-3-8-21(17)23(18)9-11-24(12-10-23,22(30)31)29-20-7-4-6-19(26)14-20/h2-8,14,18,29H,9-13,15-16H2,1H3,(H,30,31). The molecular formula is C25H28ClF2NO3. The lowest BCUT2D eigenvalue weighted by Gasteiger charge is -2.47. The van der Waals surface area contributed by atoms with Gasteiger partial charge >= 0.3 is 5.97 Å². The summed E-state index contributed by atoms with van der Waals surface area (Å²) in [5.41, 5.74) is 1.22. The number of hydrogen-bond acceptors (Lipinski definition) is 3. The van der Waals surface area contributed by atoms with E-state index in [-0.39, 0.29) is 12.3 Å². The summed E-state index contributed by atoms with van der Waals surface area (Å²) in [4.78, 5) is 12.4. The molecular weight excluding hydrogens is 436 g/mol. The van der Waals surface area contributed by atoms with E-state index in [0.29, 0.717) is 42.8 Å². The lowest BCUT2D eigenvalue weighted by molar-refractivity contribution is -0.144. The molecule has 0 saturated heterocycles. The predicted molar refractivity (Wildman–Crippen MR) is 121 cm³/mol. The van der Waals surface area contributed by atoms with Crippen LogP contribution >= 0.6 is 11.6 Å². The number of hydrogen-bond donors (Lipinski definition) is 2. The summed E-state index contributed by atoms with van der Waals surface area (Å²) in [5.74, 6) is -4.11. The second-order valence-corrected chi connectivity index (χ2v) is 9.67. The quantitative estimate of drug-likeness (QED) is 0.534. The Balaban J connectivity index is 1.63. The van der Waals surface area contributed by atoms with Crippen LogP contribution in [0, 0.1) is 5.92 Å². The summed E-state index contributed by atoms with van der Waals surface area (Å²) < 4.78 is 34.0. The molecule has 7 heteroatoms. The summed E-state index contributed by atoms with van der Waals surface area (Å²) in [6.45, 7) is -0.606. The number of methoxy groups -OCH3 is 1. The maximum absolute atomic E-state index is 14.6. The zero-order valence-electron chi connectivity index (χ0n) is 18.0. The minimum atomic E-state index is -2.92. The van der Waals surface area contributed by atoms with Gasteiger partial charge in [0.05, 0.1) is 0 Å². The fourth-order valence-electron chi connectivity index (χ4n) is 5.80. The largest absolute Gasteiger partial charge is 0.480 e. The van der Waals surface area contributed by atoms with Gasteiger partial charge in [-0.1, -0.05) is 41.9 Å². The van der Waals surface area contributed by atoms with Gasteiger partial charge in [-0.3, -0.25) is 0 Å². The van der Waals surface area contributed by atoms with Crippen molar-refractivity contribution in [3.63, 3.8) is 0 Å². The van der Waals surface area contributed by atoms with E-state index in [1.54, 1.807) is 24.3 Å². The van der Waals surface area contributed by atoms with Crippen LogP contribution < -0.4 is 5.32 Å². The minimum absolute atomic E-state index is 0.261. The van der Waals surface area contributed by atoms with E-state index < -0.39 is 29.5 Å². The first-order valence-electron chi connectivity index (χ1n) is 10.9. The van der Waals surface area contributed by atoms with Gasteiger partial charge in [-0.25, -0.2) is 13.6 Å². The number of alkyl halides is 2. The van der Waals surface area contributed by atoms with E-state index in [4.69, 9.17) is 16.3 Å². The summed E-state index contributed by atoms with van der Waals surface area (Å²) in [6.07, 6.45) is 2.05. The normalized spacial score (nSPS) is 27.3. The van der Waals surface area contributed by atoms with Crippen molar-refractivity contribution in [3.05, 3.63) is 64.7 Å². The molecule has 0 amide bonds. The van der Waals surface area contributed by atoms with Crippen LogP contribution in [0.3, 0.4) is 0 Å². The maximum Gasteiger partial charge on any atom is 0.329 e. The fourth-order valence-corrected chi connectivity index (χ4v) is 5.99. The first-order chi connectivity index (χ1) is 15.2. The average Bonchev–Trinajstić information content (AvgIpc) is 3.02. The van der Waals surface area contributed by atoms with Gasteiger partial charge in [0.25, 0.3) is 5.92 Å². The third-order valence-electron chi connectivity index (χ3n) is 7.32. The second kappa shape index (κ2) is 8.64. The Bertz CT molecular complexity index is 989. The highest BCUT2D eigenvalue weighted by molar-refractivity contribution is 6.30. The summed E-state index contributed by atoms with van der Waals surface area (Å²) in [7, 11) is 1.29. The Morgan fingerprint density at radius 2 is 1.91 bits per heavy atom. The number of benzene rings is 2. The highest BCUT2D eigenvalue weighted by Crippen LogP contribution is 2.56. The summed E-state index contributed by atoms with van der Waals surface area (Å²) in [6, 6.07) is 14.9. The van der Waals surface area contributed by atoms with Gasteiger partial charge in [-0.15, -0.1) is 0 Å². The molecule has 0 aliphatic heterocycles. The van der Waals surface area contributed by atoms with Crippen molar-refractivity contribution in [2.24, 2.45) is 5.92 Å². The van der Waals surface area contributed by atoms with Crippen molar-refractivity contribution in [3.8, 4) is 0 Å². The van der Waals surface area contributed by atoms with E-state index in [2.05, 4.69) is 5.32 Å². The molecule has 172 valence electrons. The molecule has 32 heavy (non-hydrogen) atoms. The number of nitrogens with one attached hydrogen (secondary N) is 1. The molecule has 0 heterocycles. The van der Waals surface area contributed by atoms with Crippen LogP contribution in [0.2, 0.25) is 5.02 Å². The first-order valence-corrected chi connectivity index (χ1v) is 11.3. The maximum atomic E-state index is 14.6. The van der Waals surface area contributed by atoms with Crippen LogP contribution in [0.5, 0.6) is 0 Å². The van der Waals surface area contributed by atoms with Crippen molar-refractivity contribution in [2.45, 2.75) is 55.4 Å². The number of aliphatic carboxylic acids is 1. The number of halogens is 3. The van der Waals surface area contributed by atoms with Crippen LogP contribution in [0.1, 0.15) is 43.2 Å². The molecule has 1 atom stereocenters. The Labute approximate surface area is 191 Å². The van der Waals surface area contributed by atoms with Crippen LogP contribution in [0.25, 0.3) is 0 Å². The molecule has 2 aromatic rings. The molecule has 1 fully saturated rings. The summed E-state index contributed by atoms with van der Waals surface area (Å²) in [5, 5.41) is 13.9. The molecule has 0 radical (unpaired) electrons. The highest BCUT2D eigenvalue weighted by Gasteiger charge is 2.55. The monoisotopic (exact) mass is 463 g/mol. The van der Waals surface area contributed by atoms with E-state index in [1.165, 1.54) is 7.11 Å². The number of carbonyl (C=O) groups is 1. The van der Waals surface area contributed by atoms with Gasteiger partial charge in [0, 0.05) is 24.2 Å². The molecule has 4 rings (SSSR count). The number of fused-ring (bicyclic) bond motifs is 2. The topological polar surface area (TPSA) is 58.6 Å². The molecule has 4 nitrogen and oxygen atoms in total. The number of carboxylic acid groups (broad SMARTS) is 1. The molecule has 0 bridgehead atoms. The highest BCUT2D eigenvalue weighted by atomic mass is 35.5. The Morgan fingerprint density at radius 3 is 2.56 bits per heavy atom. The molecule has 1 spiro atoms. The Hall–Kier alpha value is -2.18. The smallest absolute Gasteiger partial charge is 0.329 e. The van der Waals surface area contributed by atoms with E-state index in [9.17, 15) is 18.7 Å². The van der Waals surface area contributed by atoms with Crippen LogP contribution in [-0.4, -0.2) is 36.3 Å². The van der Waals surface area contributed by atoms with E-state index in [0.717, 1.165) is 11.1 Å². The molecule has 2 aliphatic carbocycles. The predicted octanol–water partition coefficient (Wildman–Crippen LogP) is 5.93. The zero-order valence-corrected chi connectivity index (χ0v) is 18.8. The van der Waals surface area contributed by atoms with Crippen LogP contribution in [0.15, 0.2) is 48.5 Å². The number of carboxylic acids is 1. The molecule has 1 saturated carbocycles. The van der Waals surface area contributed by atoms with Gasteiger partial charge in [-0.05, 0) is 72.8 Å². The van der Waals surface area contributed by atoms with Gasteiger partial charge < -0.3 is 15.2 Å². The van der Waals surface area contributed by atoms with Crippen molar-refractivity contribution < 1.29 is 23.4 Å². The average molecular weight is 464 g/mol. The minimum Gasteiger partial charge on any atom is -0.480 e. The lowest BCUT2D eigenvalue weighted by Crippen LogP contribution is -2.53. The first kappa shape index (κ1) is 23.0. The van der Waals surface area contributed by atoms with Crippen molar-refractivity contribution in [2.75, 3.05) is 19.0 Å². The number of rotatable bonds is 7. The zero-order chi connectivity index (χ0) is 23.0. The second-order valence-electron chi connectivity index (χ2n) is 9.23. The Morgan fingerprint density at radius 1 is 1.19 bits per heavy atom. The molecule has 0 aromatic heterocycles. The Kier molecular flexibility index (Phi) is 6.21. The number of anilines is 1. The molecule has 1 unspecified atom stereocenters. The van der Waals surface area contributed by atoms with Crippen molar-refractivity contribution in [1.29, 1.82) is 0 Å². The third-order valence-corrected chi connectivity index (χ3v) is 7.55. The van der Waals surface area contributed by atoms with Crippen LogP contribution in [0.4, 0.5) is 14.5 Å². The van der Waals surface area contributed by atoms with Crippen molar-refractivity contribution in [1.82, 2.24) is 0 Å². The lowest BCUT2D eigenvalue weighted by atomic mass is 9.60. The van der Waals surface area contributed by atoms with Crippen molar-refractivity contribution >= 4 is 23.3 Å². The van der Waals surface area contributed by atoms with E-state index >= 15 is 0 Å². The molecule has 2 N–H and O–H groups in total. The number of ether oxygens (including phenoxy) is 1. The van der Waals surface area contributed by atoms with Crippen LogP contribution in [-0.2, 0) is 21.4 Å². The fraction of sp³-hybridized carbons (Fsp3) is 0.480. The SMILES string of the molecule is COCC(F)(F)CC1Cc2ccccc2C12CCC(Nc1cccc(Cl)c1)(C(=O)O)CC2. The molecule has 2 aliphatic rings. The van der Waals surface area contributed by atoms with Gasteiger partial charge in [0.15, 0.2) is 0 Å². The van der Waals surface area contributed by atoms with Gasteiger partial charge in [-0.2, -0.15) is 0 Å². The van der Waals surface area contributed by atoms with Gasteiger partial charge in [0.1, 0.15) is 12.1 Å². The third kappa shape index (κ3) is 4.23. The summed E-state index contributed by atoms with van der Waals surface area (Å²) >= 11 is 6.08.